The summed E-state index contributed by atoms with van der Waals surface area (Å²) < 4.78 is 12.8. The zero-order chi connectivity index (χ0) is 14.5. The van der Waals surface area contributed by atoms with Crippen molar-refractivity contribution in [3.8, 4) is 0 Å². The summed E-state index contributed by atoms with van der Waals surface area (Å²) in [6, 6.07) is 6.08. The van der Waals surface area contributed by atoms with Gasteiger partial charge in [0.2, 0.25) is 0 Å². The van der Waals surface area contributed by atoms with Gasteiger partial charge in [-0.15, -0.1) is 0 Å². The summed E-state index contributed by atoms with van der Waals surface area (Å²) in [6.07, 6.45) is 0.934. The maximum Gasteiger partial charge on any atom is 0.317 e. The Balaban J connectivity index is 2.38. The van der Waals surface area contributed by atoms with Crippen LogP contribution in [-0.4, -0.2) is 24.5 Å². The Morgan fingerprint density at radius 2 is 1.84 bits per heavy atom. The van der Waals surface area contributed by atoms with E-state index in [0.29, 0.717) is 13.1 Å². The second-order valence-corrected chi connectivity index (χ2v) is 6.03. The first-order valence-corrected chi connectivity index (χ1v) is 6.51. The normalized spacial score (nSPS) is 11.2. The van der Waals surface area contributed by atoms with Crippen molar-refractivity contribution in [2.45, 2.75) is 33.7 Å². The molecule has 2 amide bonds. The lowest BCUT2D eigenvalue weighted by Crippen LogP contribution is -2.38. The van der Waals surface area contributed by atoms with Gasteiger partial charge in [0.15, 0.2) is 0 Å². The van der Waals surface area contributed by atoms with Crippen LogP contribution in [0.15, 0.2) is 24.3 Å². The Morgan fingerprint density at radius 1 is 1.26 bits per heavy atom. The average Bonchev–Trinajstić information content (AvgIpc) is 2.30. The molecule has 4 heteroatoms. The molecule has 0 unspecified atom stereocenters. The highest BCUT2D eigenvalue weighted by Crippen LogP contribution is 2.17. The fourth-order valence-electron chi connectivity index (χ4n) is 1.61. The molecule has 0 saturated heterocycles. The summed E-state index contributed by atoms with van der Waals surface area (Å²) in [6.45, 7) is 7.56. The van der Waals surface area contributed by atoms with E-state index in [2.05, 4.69) is 26.1 Å². The molecular formula is C15H23FN2O. The van der Waals surface area contributed by atoms with Crippen LogP contribution < -0.4 is 5.32 Å². The summed E-state index contributed by atoms with van der Waals surface area (Å²) in [5.41, 5.74) is 1.12. The maximum atomic E-state index is 12.8. The summed E-state index contributed by atoms with van der Waals surface area (Å²) in [5.74, 6) is -0.263. The number of rotatable bonds is 4. The van der Waals surface area contributed by atoms with Gasteiger partial charge in [0, 0.05) is 20.1 Å². The second-order valence-electron chi connectivity index (χ2n) is 6.03. The van der Waals surface area contributed by atoms with E-state index >= 15 is 0 Å². The van der Waals surface area contributed by atoms with Gasteiger partial charge < -0.3 is 10.2 Å². The minimum Gasteiger partial charge on any atom is -0.338 e. The SMILES string of the molecule is CN(Cc1ccc(F)cc1)C(=O)NCCC(C)(C)C. The van der Waals surface area contributed by atoms with Crippen molar-refractivity contribution < 1.29 is 9.18 Å². The Kier molecular flexibility index (Phi) is 5.33. The minimum atomic E-state index is -0.263. The third-order valence-corrected chi connectivity index (χ3v) is 2.83. The van der Waals surface area contributed by atoms with Gasteiger partial charge in [-0.25, -0.2) is 9.18 Å². The van der Waals surface area contributed by atoms with Gasteiger partial charge in [-0.3, -0.25) is 0 Å². The number of nitrogens with one attached hydrogen (secondary N) is 1. The van der Waals surface area contributed by atoms with Crippen LogP contribution >= 0.6 is 0 Å². The smallest absolute Gasteiger partial charge is 0.317 e. The van der Waals surface area contributed by atoms with Gasteiger partial charge in [0.05, 0.1) is 0 Å². The Bertz CT molecular complexity index is 409. The standard InChI is InChI=1S/C15H23FN2O/c1-15(2,3)9-10-17-14(19)18(4)11-12-5-7-13(16)8-6-12/h5-8H,9-11H2,1-4H3,(H,17,19). The van der Waals surface area contributed by atoms with E-state index < -0.39 is 0 Å². The van der Waals surface area contributed by atoms with E-state index in [1.54, 1.807) is 24.1 Å². The van der Waals surface area contributed by atoms with Crippen LogP contribution in [0.4, 0.5) is 9.18 Å². The van der Waals surface area contributed by atoms with Crippen LogP contribution in [-0.2, 0) is 6.54 Å². The Hall–Kier alpha value is -1.58. The molecule has 0 saturated carbocycles. The molecule has 1 aromatic rings. The van der Waals surface area contributed by atoms with Crippen molar-refractivity contribution in [2.75, 3.05) is 13.6 Å². The molecule has 106 valence electrons. The Morgan fingerprint density at radius 3 is 2.37 bits per heavy atom. The highest BCUT2D eigenvalue weighted by molar-refractivity contribution is 5.73. The number of benzene rings is 1. The molecule has 1 N–H and O–H groups in total. The first-order chi connectivity index (χ1) is 8.78. The highest BCUT2D eigenvalue weighted by atomic mass is 19.1. The number of hydrogen-bond acceptors (Lipinski definition) is 1. The van der Waals surface area contributed by atoms with Crippen LogP contribution in [0.1, 0.15) is 32.8 Å². The first kappa shape index (κ1) is 15.5. The molecule has 0 heterocycles. The number of urea groups is 1. The van der Waals surface area contributed by atoms with Crippen molar-refractivity contribution >= 4 is 6.03 Å². The van der Waals surface area contributed by atoms with E-state index in [9.17, 15) is 9.18 Å². The first-order valence-electron chi connectivity index (χ1n) is 6.51. The van der Waals surface area contributed by atoms with Crippen LogP contribution in [0.2, 0.25) is 0 Å². The van der Waals surface area contributed by atoms with Crippen molar-refractivity contribution in [3.63, 3.8) is 0 Å². The van der Waals surface area contributed by atoms with Gasteiger partial charge in [0.1, 0.15) is 5.82 Å². The lowest BCUT2D eigenvalue weighted by Gasteiger charge is -2.21. The molecule has 1 aromatic carbocycles. The monoisotopic (exact) mass is 266 g/mol. The number of carbonyl (C=O) groups excluding carboxylic acids is 1. The van der Waals surface area contributed by atoms with Gasteiger partial charge in [-0.05, 0) is 29.5 Å². The van der Waals surface area contributed by atoms with E-state index in [0.717, 1.165) is 12.0 Å². The molecule has 3 nitrogen and oxygen atoms in total. The summed E-state index contributed by atoms with van der Waals surface area (Å²) in [4.78, 5) is 13.4. The van der Waals surface area contributed by atoms with Crippen molar-refractivity contribution in [1.82, 2.24) is 10.2 Å². The van der Waals surface area contributed by atoms with Crippen LogP contribution in [0.25, 0.3) is 0 Å². The number of nitrogens with zero attached hydrogens (tertiary/aromatic N) is 1. The number of halogens is 1. The molecule has 0 aliphatic carbocycles. The molecule has 0 aromatic heterocycles. The number of hydrogen-bond donors (Lipinski definition) is 1. The van der Waals surface area contributed by atoms with E-state index in [4.69, 9.17) is 0 Å². The zero-order valence-corrected chi connectivity index (χ0v) is 12.2. The third-order valence-electron chi connectivity index (χ3n) is 2.83. The average molecular weight is 266 g/mol. The second kappa shape index (κ2) is 6.55. The van der Waals surface area contributed by atoms with Crippen LogP contribution in [0, 0.1) is 11.2 Å². The molecule has 0 spiro atoms. The van der Waals surface area contributed by atoms with Gasteiger partial charge in [-0.2, -0.15) is 0 Å². The topological polar surface area (TPSA) is 32.3 Å². The van der Waals surface area contributed by atoms with Crippen molar-refractivity contribution in [2.24, 2.45) is 5.41 Å². The van der Waals surface area contributed by atoms with E-state index in [1.807, 2.05) is 0 Å². The predicted octanol–water partition coefficient (Wildman–Crippen LogP) is 3.40. The minimum absolute atomic E-state index is 0.103. The molecule has 19 heavy (non-hydrogen) atoms. The fourth-order valence-corrected chi connectivity index (χ4v) is 1.61. The van der Waals surface area contributed by atoms with E-state index in [1.165, 1.54) is 12.1 Å². The van der Waals surface area contributed by atoms with Crippen LogP contribution in [0.5, 0.6) is 0 Å². The van der Waals surface area contributed by atoms with Gasteiger partial charge in [-0.1, -0.05) is 32.9 Å². The lowest BCUT2D eigenvalue weighted by molar-refractivity contribution is 0.205. The van der Waals surface area contributed by atoms with Crippen molar-refractivity contribution in [1.29, 1.82) is 0 Å². The van der Waals surface area contributed by atoms with Gasteiger partial charge in [0.25, 0.3) is 0 Å². The summed E-state index contributed by atoms with van der Waals surface area (Å²) >= 11 is 0. The molecule has 0 atom stereocenters. The Labute approximate surface area is 114 Å². The molecule has 0 bridgehead atoms. The van der Waals surface area contributed by atoms with E-state index in [-0.39, 0.29) is 17.3 Å². The highest BCUT2D eigenvalue weighted by Gasteiger charge is 2.12. The number of amides is 2. The van der Waals surface area contributed by atoms with Gasteiger partial charge >= 0.3 is 6.03 Å². The summed E-state index contributed by atoms with van der Waals surface area (Å²) in [7, 11) is 1.73. The van der Waals surface area contributed by atoms with Crippen molar-refractivity contribution in [3.05, 3.63) is 35.6 Å². The molecule has 1 rings (SSSR count). The largest absolute Gasteiger partial charge is 0.338 e. The molecule has 0 radical (unpaired) electrons. The molecule has 0 aliphatic heterocycles. The van der Waals surface area contributed by atoms with Crippen LogP contribution in [0.3, 0.4) is 0 Å². The third kappa shape index (κ3) is 6.22. The number of carbonyl (C=O) groups is 1. The predicted molar refractivity (Wildman–Crippen MR) is 75.3 cm³/mol. The molecule has 0 aliphatic rings. The maximum absolute atomic E-state index is 12.8. The lowest BCUT2D eigenvalue weighted by atomic mass is 9.92. The molecular weight excluding hydrogens is 243 g/mol. The zero-order valence-electron chi connectivity index (χ0n) is 12.2. The fraction of sp³-hybridized carbons (Fsp3) is 0.533. The summed E-state index contributed by atoms with van der Waals surface area (Å²) in [5, 5.41) is 2.88. The quantitative estimate of drug-likeness (QED) is 0.890. The molecule has 0 fully saturated rings.